The largest absolute Gasteiger partial charge is 0.387 e. The van der Waals surface area contributed by atoms with Crippen molar-refractivity contribution in [2.45, 2.75) is 19.0 Å². The monoisotopic (exact) mass is 162 g/mol. The Morgan fingerprint density at radius 3 is 2.82 bits per heavy atom. The Morgan fingerprint density at radius 1 is 1.64 bits per heavy atom. The van der Waals surface area contributed by atoms with Crippen LogP contribution in [0, 0.1) is 0 Å². The third-order valence-electron chi connectivity index (χ3n) is 1.25. The lowest BCUT2D eigenvalue weighted by Gasteiger charge is -2.05. The van der Waals surface area contributed by atoms with Crippen LogP contribution in [-0.4, -0.2) is 27.6 Å². The standard InChI is InChI=1S/C6H8F2N2O/c7-6(8)4(11)3-5-9-1-2-10-5/h1-2,4,6,11H,3H2,(H,9,10). The Kier molecular flexibility index (Phi) is 2.53. The summed E-state index contributed by atoms with van der Waals surface area (Å²) >= 11 is 0. The van der Waals surface area contributed by atoms with Crippen LogP contribution in [0.2, 0.25) is 0 Å². The average Bonchev–Trinajstić information content (AvgIpc) is 2.39. The normalized spacial score (nSPS) is 13.8. The van der Waals surface area contributed by atoms with E-state index in [2.05, 4.69) is 9.97 Å². The number of nitrogens with one attached hydrogen (secondary N) is 1. The molecule has 0 aliphatic carbocycles. The first-order valence-electron chi connectivity index (χ1n) is 3.14. The van der Waals surface area contributed by atoms with Crippen molar-refractivity contribution in [2.24, 2.45) is 0 Å². The molecule has 0 aliphatic heterocycles. The van der Waals surface area contributed by atoms with Gasteiger partial charge >= 0.3 is 0 Å². The van der Waals surface area contributed by atoms with Crippen LogP contribution in [0.3, 0.4) is 0 Å². The lowest BCUT2D eigenvalue weighted by molar-refractivity contribution is -0.00462. The number of aliphatic hydroxyl groups is 1. The van der Waals surface area contributed by atoms with Crippen molar-refractivity contribution in [2.75, 3.05) is 0 Å². The molecule has 11 heavy (non-hydrogen) atoms. The van der Waals surface area contributed by atoms with Crippen molar-refractivity contribution in [1.82, 2.24) is 9.97 Å². The summed E-state index contributed by atoms with van der Waals surface area (Å²) in [6.07, 6.45) is -1.49. The molecule has 0 aliphatic rings. The fourth-order valence-electron chi connectivity index (χ4n) is 0.697. The van der Waals surface area contributed by atoms with Crippen molar-refractivity contribution >= 4 is 0 Å². The zero-order valence-electron chi connectivity index (χ0n) is 5.67. The number of alkyl halides is 2. The molecule has 0 amide bonds. The molecule has 2 N–H and O–H groups in total. The first kappa shape index (κ1) is 8.13. The summed E-state index contributed by atoms with van der Waals surface area (Å²) in [5.41, 5.74) is 0. The van der Waals surface area contributed by atoms with Gasteiger partial charge in [0.1, 0.15) is 11.9 Å². The maximum Gasteiger partial charge on any atom is 0.264 e. The molecule has 0 saturated heterocycles. The lowest BCUT2D eigenvalue weighted by Crippen LogP contribution is -2.20. The Hall–Kier alpha value is -0.970. The number of nitrogens with zero attached hydrogens (tertiary/aromatic N) is 1. The van der Waals surface area contributed by atoms with Crippen LogP contribution >= 0.6 is 0 Å². The number of rotatable bonds is 3. The van der Waals surface area contributed by atoms with E-state index in [1.165, 1.54) is 12.4 Å². The van der Waals surface area contributed by atoms with Crippen molar-refractivity contribution in [3.63, 3.8) is 0 Å². The van der Waals surface area contributed by atoms with Gasteiger partial charge in [-0.3, -0.25) is 0 Å². The second-order valence-corrected chi connectivity index (χ2v) is 2.14. The molecule has 5 heteroatoms. The molecule has 1 unspecified atom stereocenters. The third-order valence-corrected chi connectivity index (χ3v) is 1.25. The summed E-state index contributed by atoms with van der Waals surface area (Å²) in [4.78, 5) is 6.31. The van der Waals surface area contributed by atoms with E-state index in [4.69, 9.17) is 5.11 Å². The molecule has 62 valence electrons. The van der Waals surface area contributed by atoms with E-state index in [1.807, 2.05) is 0 Å². The summed E-state index contributed by atoms with van der Waals surface area (Å²) in [6, 6.07) is 0. The molecule has 1 atom stereocenters. The minimum Gasteiger partial charge on any atom is -0.387 e. The summed E-state index contributed by atoms with van der Waals surface area (Å²) in [5.74, 6) is 0.373. The molecule has 3 nitrogen and oxygen atoms in total. The molecule has 0 spiro atoms. The number of H-pyrrole nitrogens is 1. The van der Waals surface area contributed by atoms with E-state index in [1.54, 1.807) is 0 Å². The van der Waals surface area contributed by atoms with Gasteiger partial charge < -0.3 is 10.1 Å². The van der Waals surface area contributed by atoms with Gasteiger partial charge in [0.05, 0.1) is 0 Å². The minimum atomic E-state index is -2.71. The average molecular weight is 162 g/mol. The second kappa shape index (κ2) is 3.43. The van der Waals surface area contributed by atoms with E-state index >= 15 is 0 Å². The van der Waals surface area contributed by atoms with Gasteiger partial charge in [-0.1, -0.05) is 0 Å². The summed E-state index contributed by atoms with van der Waals surface area (Å²) in [7, 11) is 0. The second-order valence-electron chi connectivity index (χ2n) is 2.14. The van der Waals surface area contributed by atoms with Gasteiger partial charge in [-0.05, 0) is 0 Å². The fourth-order valence-corrected chi connectivity index (χ4v) is 0.697. The quantitative estimate of drug-likeness (QED) is 0.682. The highest BCUT2D eigenvalue weighted by atomic mass is 19.3. The molecular formula is C6H8F2N2O. The Bertz CT molecular complexity index is 200. The molecule has 1 heterocycles. The molecule has 0 saturated carbocycles. The molecule has 0 aromatic carbocycles. The van der Waals surface area contributed by atoms with Crippen molar-refractivity contribution < 1.29 is 13.9 Å². The van der Waals surface area contributed by atoms with Gasteiger partial charge in [-0.15, -0.1) is 0 Å². The van der Waals surface area contributed by atoms with Gasteiger partial charge in [0.15, 0.2) is 0 Å². The van der Waals surface area contributed by atoms with E-state index in [0.717, 1.165) is 0 Å². The highest BCUT2D eigenvalue weighted by Crippen LogP contribution is 2.05. The number of aromatic nitrogens is 2. The van der Waals surface area contributed by atoms with Crippen LogP contribution in [0.25, 0.3) is 0 Å². The molecule has 0 bridgehead atoms. The van der Waals surface area contributed by atoms with Crippen LogP contribution in [0.15, 0.2) is 12.4 Å². The fraction of sp³-hybridized carbons (Fsp3) is 0.500. The van der Waals surface area contributed by atoms with Crippen molar-refractivity contribution in [3.05, 3.63) is 18.2 Å². The number of hydrogen-bond acceptors (Lipinski definition) is 2. The van der Waals surface area contributed by atoms with Crippen LogP contribution in [0.4, 0.5) is 8.78 Å². The zero-order chi connectivity index (χ0) is 8.27. The molecule has 1 aromatic heterocycles. The summed E-state index contributed by atoms with van der Waals surface area (Å²) < 4.78 is 23.5. The highest BCUT2D eigenvalue weighted by molar-refractivity contribution is 4.89. The predicted octanol–water partition coefficient (Wildman–Crippen LogP) is 0.578. The maximum atomic E-state index is 11.7. The van der Waals surface area contributed by atoms with Crippen LogP contribution in [0.5, 0.6) is 0 Å². The van der Waals surface area contributed by atoms with Crippen LogP contribution < -0.4 is 0 Å². The number of imidazole rings is 1. The van der Waals surface area contributed by atoms with Gasteiger partial charge in [0.25, 0.3) is 6.43 Å². The Balaban J connectivity index is 2.43. The van der Waals surface area contributed by atoms with Gasteiger partial charge in [0, 0.05) is 18.8 Å². The van der Waals surface area contributed by atoms with Crippen LogP contribution in [0.1, 0.15) is 5.82 Å². The minimum absolute atomic E-state index is 0.134. The summed E-state index contributed by atoms with van der Waals surface area (Å²) in [5, 5.41) is 8.69. The SMILES string of the molecule is OC(Cc1ncc[nH]1)C(F)F. The lowest BCUT2D eigenvalue weighted by atomic mass is 10.2. The van der Waals surface area contributed by atoms with Gasteiger partial charge in [-0.2, -0.15) is 0 Å². The molecule has 1 aromatic rings. The predicted molar refractivity (Wildman–Crippen MR) is 34.3 cm³/mol. The Morgan fingerprint density at radius 2 is 2.36 bits per heavy atom. The number of aliphatic hydroxyl groups excluding tert-OH is 1. The summed E-state index contributed by atoms with van der Waals surface area (Å²) in [6.45, 7) is 0. The van der Waals surface area contributed by atoms with E-state index in [0.29, 0.717) is 5.82 Å². The first-order valence-corrected chi connectivity index (χ1v) is 3.14. The Labute approximate surface area is 62.1 Å². The van der Waals surface area contributed by atoms with Crippen molar-refractivity contribution in [1.29, 1.82) is 0 Å². The molecule has 0 fully saturated rings. The van der Waals surface area contributed by atoms with E-state index in [9.17, 15) is 8.78 Å². The molecule has 0 radical (unpaired) electrons. The van der Waals surface area contributed by atoms with Gasteiger partial charge in [-0.25, -0.2) is 13.8 Å². The number of halogens is 2. The maximum absolute atomic E-state index is 11.7. The highest BCUT2D eigenvalue weighted by Gasteiger charge is 2.17. The first-order chi connectivity index (χ1) is 5.20. The number of aromatic amines is 1. The van der Waals surface area contributed by atoms with Crippen LogP contribution in [-0.2, 0) is 6.42 Å². The number of hydrogen-bond donors (Lipinski definition) is 2. The molecule has 1 rings (SSSR count). The topological polar surface area (TPSA) is 48.9 Å². The van der Waals surface area contributed by atoms with E-state index < -0.39 is 12.5 Å². The molecular weight excluding hydrogens is 154 g/mol. The van der Waals surface area contributed by atoms with E-state index in [-0.39, 0.29) is 6.42 Å². The third kappa shape index (κ3) is 2.27. The van der Waals surface area contributed by atoms with Crippen molar-refractivity contribution in [3.8, 4) is 0 Å². The zero-order valence-corrected chi connectivity index (χ0v) is 5.67. The smallest absolute Gasteiger partial charge is 0.264 e. The van der Waals surface area contributed by atoms with Gasteiger partial charge in [0.2, 0.25) is 0 Å².